The van der Waals surface area contributed by atoms with Crippen LogP contribution in [0.15, 0.2) is 47.1 Å². The highest BCUT2D eigenvalue weighted by Crippen LogP contribution is 2.21. The Hall–Kier alpha value is -2.47. The number of aryl methyl sites for hydroxylation is 1. The highest BCUT2D eigenvalue weighted by atomic mass is 16.4. The van der Waals surface area contributed by atoms with Gasteiger partial charge >= 0.3 is 0 Å². The van der Waals surface area contributed by atoms with E-state index in [2.05, 4.69) is 15.3 Å². The normalized spacial score (nSPS) is 12.5. The molecular weight excluding hydrogens is 268 g/mol. The summed E-state index contributed by atoms with van der Waals surface area (Å²) in [5.74, 6) is 1.12. The number of benzene rings is 1. The van der Waals surface area contributed by atoms with Crippen molar-refractivity contribution in [2.45, 2.75) is 26.0 Å². The molecule has 2 heterocycles. The molecule has 0 unspecified atom stereocenters. The highest BCUT2D eigenvalue weighted by Gasteiger charge is 2.13. The zero-order valence-corrected chi connectivity index (χ0v) is 11.7. The van der Waals surface area contributed by atoms with E-state index in [1.54, 1.807) is 17.1 Å². The summed E-state index contributed by atoms with van der Waals surface area (Å²) in [4.78, 5) is 0. The van der Waals surface area contributed by atoms with Crippen molar-refractivity contribution in [1.29, 1.82) is 0 Å². The SMILES string of the molecule is CCc1nnc(Cn2cc([C@H](O)c3ccccc3)cn2)o1. The first-order valence-electron chi connectivity index (χ1n) is 6.83. The standard InChI is InChI=1S/C15H16N4O2/c1-2-13-17-18-14(21-13)10-19-9-12(8-16-19)15(20)11-6-4-3-5-7-11/h3-9,15,20H,2,10H2,1H3/t15-/m1/s1. The Morgan fingerprint density at radius 3 is 2.62 bits per heavy atom. The van der Waals surface area contributed by atoms with Crippen molar-refractivity contribution in [1.82, 2.24) is 20.0 Å². The van der Waals surface area contributed by atoms with Crippen molar-refractivity contribution in [2.24, 2.45) is 0 Å². The van der Waals surface area contributed by atoms with E-state index in [1.807, 2.05) is 37.3 Å². The Kier molecular flexibility index (Phi) is 3.79. The molecule has 0 bridgehead atoms. The van der Waals surface area contributed by atoms with Gasteiger partial charge in [0.2, 0.25) is 11.8 Å². The van der Waals surface area contributed by atoms with Crippen molar-refractivity contribution in [3.63, 3.8) is 0 Å². The smallest absolute Gasteiger partial charge is 0.237 e. The van der Waals surface area contributed by atoms with Crippen LogP contribution in [0.3, 0.4) is 0 Å². The molecule has 0 spiro atoms. The summed E-state index contributed by atoms with van der Waals surface area (Å²) in [6.45, 7) is 2.36. The van der Waals surface area contributed by atoms with Crippen LogP contribution in [-0.4, -0.2) is 25.1 Å². The fraction of sp³-hybridized carbons (Fsp3) is 0.267. The molecule has 1 N–H and O–H groups in total. The van der Waals surface area contributed by atoms with E-state index in [1.165, 1.54) is 0 Å². The molecule has 3 aromatic rings. The van der Waals surface area contributed by atoms with Gasteiger partial charge in [-0.2, -0.15) is 5.10 Å². The Morgan fingerprint density at radius 1 is 1.14 bits per heavy atom. The van der Waals surface area contributed by atoms with Crippen molar-refractivity contribution < 1.29 is 9.52 Å². The summed E-state index contributed by atoms with van der Waals surface area (Å²) < 4.78 is 7.12. The summed E-state index contributed by atoms with van der Waals surface area (Å²) in [5, 5.41) is 22.4. The molecule has 1 atom stereocenters. The molecule has 6 heteroatoms. The number of aliphatic hydroxyl groups is 1. The lowest BCUT2D eigenvalue weighted by Crippen LogP contribution is -2.01. The van der Waals surface area contributed by atoms with Crippen LogP contribution >= 0.6 is 0 Å². The molecule has 6 nitrogen and oxygen atoms in total. The van der Waals surface area contributed by atoms with E-state index in [4.69, 9.17) is 4.42 Å². The van der Waals surface area contributed by atoms with Crippen LogP contribution in [0.4, 0.5) is 0 Å². The zero-order valence-electron chi connectivity index (χ0n) is 11.7. The van der Waals surface area contributed by atoms with Gasteiger partial charge < -0.3 is 9.52 Å². The number of hydrogen-bond acceptors (Lipinski definition) is 5. The van der Waals surface area contributed by atoms with Crippen LogP contribution in [0.5, 0.6) is 0 Å². The summed E-state index contributed by atoms with van der Waals surface area (Å²) in [5.41, 5.74) is 1.57. The summed E-state index contributed by atoms with van der Waals surface area (Å²) in [7, 11) is 0. The van der Waals surface area contributed by atoms with Gasteiger partial charge in [-0.3, -0.25) is 4.68 Å². The lowest BCUT2D eigenvalue weighted by Gasteiger charge is -2.07. The monoisotopic (exact) mass is 284 g/mol. The van der Waals surface area contributed by atoms with Gasteiger partial charge in [0.25, 0.3) is 0 Å². The van der Waals surface area contributed by atoms with Gasteiger partial charge in [-0.1, -0.05) is 37.3 Å². The minimum atomic E-state index is -0.686. The van der Waals surface area contributed by atoms with E-state index in [0.717, 1.165) is 11.1 Å². The van der Waals surface area contributed by atoms with Gasteiger partial charge in [-0.25, -0.2) is 0 Å². The molecule has 0 saturated heterocycles. The predicted molar refractivity (Wildman–Crippen MR) is 75.5 cm³/mol. The van der Waals surface area contributed by atoms with E-state index in [9.17, 15) is 5.11 Å². The lowest BCUT2D eigenvalue weighted by molar-refractivity contribution is 0.220. The molecule has 0 aliphatic carbocycles. The summed E-state index contributed by atoms with van der Waals surface area (Å²) in [6.07, 6.45) is 3.46. The first kappa shape index (κ1) is 13.5. The Morgan fingerprint density at radius 2 is 1.90 bits per heavy atom. The van der Waals surface area contributed by atoms with Crippen LogP contribution in [0, 0.1) is 0 Å². The molecule has 0 aliphatic heterocycles. The second-order valence-corrected chi connectivity index (χ2v) is 4.73. The van der Waals surface area contributed by atoms with Crippen LogP contribution in [0.25, 0.3) is 0 Å². The Bertz CT molecular complexity index is 705. The molecule has 0 amide bonds. The predicted octanol–water partition coefficient (Wildman–Crippen LogP) is 1.96. The molecule has 0 radical (unpaired) electrons. The number of aromatic nitrogens is 4. The topological polar surface area (TPSA) is 77.0 Å². The second kappa shape index (κ2) is 5.88. The molecule has 3 rings (SSSR count). The van der Waals surface area contributed by atoms with E-state index >= 15 is 0 Å². The molecule has 108 valence electrons. The number of hydrogen-bond donors (Lipinski definition) is 1. The molecule has 1 aromatic carbocycles. The quantitative estimate of drug-likeness (QED) is 0.775. The number of aliphatic hydroxyl groups excluding tert-OH is 1. The Balaban J connectivity index is 1.74. The second-order valence-electron chi connectivity index (χ2n) is 4.73. The van der Waals surface area contributed by atoms with Gasteiger partial charge in [0.15, 0.2) is 0 Å². The van der Waals surface area contributed by atoms with E-state index in [0.29, 0.717) is 24.7 Å². The van der Waals surface area contributed by atoms with Gasteiger partial charge in [0.1, 0.15) is 12.6 Å². The summed E-state index contributed by atoms with van der Waals surface area (Å²) in [6, 6.07) is 9.48. The maximum absolute atomic E-state index is 10.3. The van der Waals surface area contributed by atoms with Crippen LogP contribution < -0.4 is 0 Å². The summed E-state index contributed by atoms with van der Waals surface area (Å²) >= 11 is 0. The molecular formula is C15H16N4O2. The number of rotatable bonds is 5. The molecule has 2 aromatic heterocycles. The molecule has 21 heavy (non-hydrogen) atoms. The van der Waals surface area contributed by atoms with Crippen molar-refractivity contribution in [2.75, 3.05) is 0 Å². The van der Waals surface area contributed by atoms with E-state index in [-0.39, 0.29) is 0 Å². The minimum Gasteiger partial charge on any atom is -0.423 e. The van der Waals surface area contributed by atoms with Crippen molar-refractivity contribution in [3.8, 4) is 0 Å². The lowest BCUT2D eigenvalue weighted by atomic mass is 10.1. The minimum absolute atomic E-state index is 0.397. The van der Waals surface area contributed by atoms with Crippen LogP contribution in [-0.2, 0) is 13.0 Å². The molecule has 0 aliphatic rings. The molecule has 0 saturated carbocycles. The van der Waals surface area contributed by atoms with Crippen molar-refractivity contribution >= 4 is 0 Å². The van der Waals surface area contributed by atoms with Crippen LogP contribution in [0.1, 0.15) is 35.9 Å². The maximum atomic E-state index is 10.3. The third kappa shape index (κ3) is 3.00. The van der Waals surface area contributed by atoms with Crippen molar-refractivity contribution in [3.05, 3.63) is 65.6 Å². The Labute approximate surface area is 122 Å². The largest absolute Gasteiger partial charge is 0.423 e. The third-order valence-corrected chi connectivity index (χ3v) is 3.19. The first-order chi connectivity index (χ1) is 10.3. The first-order valence-corrected chi connectivity index (χ1v) is 6.83. The fourth-order valence-corrected chi connectivity index (χ4v) is 2.07. The molecule has 0 fully saturated rings. The fourth-order valence-electron chi connectivity index (χ4n) is 2.07. The van der Waals surface area contributed by atoms with Crippen LogP contribution in [0.2, 0.25) is 0 Å². The average molecular weight is 284 g/mol. The maximum Gasteiger partial charge on any atom is 0.237 e. The van der Waals surface area contributed by atoms with Gasteiger partial charge in [0.05, 0.1) is 6.20 Å². The van der Waals surface area contributed by atoms with E-state index < -0.39 is 6.10 Å². The number of nitrogens with zero attached hydrogens (tertiary/aromatic N) is 4. The average Bonchev–Trinajstić information content (AvgIpc) is 3.17. The van der Waals surface area contributed by atoms with Gasteiger partial charge in [0, 0.05) is 18.2 Å². The highest BCUT2D eigenvalue weighted by molar-refractivity contribution is 5.26. The third-order valence-electron chi connectivity index (χ3n) is 3.19. The van der Waals surface area contributed by atoms with Gasteiger partial charge in [-0.05, 0) is 5.56 Å². The zero-order chi connectivity index (χ0) is 14.7. The van der Waals surface area contributed by atoms with Gasteiger partial charge in [-0.15, -0.1) is 10.2 Å².